The second-order valence-corrected chi connectivity index (χ2v) is 5.06. The lowest BCUT2D eigenvalue weighted by Gasteiger charge is -2.20. The number of carbonyl (C=O) groups is 1. The molecule has 1 amide bonds. The van der Waals surface area contributed by atoms with Crippen LogP contribution in [0.4, 0.5) is 13.6 Å². The number of alkyl carbamates (subject to hydrolysis) is 1. The predicted octanol–water partition coefficient (Wildman–Crippen LogP) is 2.52. The van der Waals surface area contributed by atoms with Gasteiger partial charge in [0.05, 0.1) is 12.6 Å². The average molecular weight is 273 g/mol. The molecule has 4 nitrogen and oxygen atoms in total. The highest BCUT2D eigenvalue weighted by atomic mass is 19.1. The molecular formula is C13H17F2NO3. The first-order valence-electron chi connectivity index (χ1n) is 5.79. The van der Waals surface area contributed by atoms with Gasteiger partial charge in [0.15, 0.2) is 0 Å². The minimum atomic E-state index is -1.27. The maximum atomic E-state index is 13.4. The van der Waals surface area contributed by atoms with Gasteiger partial charge in [0.25, 0.3) is 0 Å². The third-order valence-electron chi connectivity index (χ3n) is 2.16. The van der Waals surface area contributed by atoms with Crippen LogP contribution >= 0.6 is 0 Å². The number of rotatable bonds is 3. The Bertz CT molecular complexity index is 458. The molecule has 0 spiro atoms. The zero-order valence-corrected chi connectivity index (χ0v) is 11.0. The van der Waals surface area contributed by atoms with Gasteiger partial charge < -0.3 is 15.2 Å². The Hall–Kier alpha value is -1.69. The van der Waals surface area contributed by atoms with E-state index in [0.717, 1.165) is 12.1 Å². The number of aliphatic hydroxyl groups excluding tert-OH is 1. The van der Waals surface area contributed by atoms with E-state index < -0.39 is 29.4 Å². The molecule has 2 N–H and O–H groups in total. The summed E-state index contributed by atoms with van der Waals surface area (Å²) in [6.07, 6.45) is -1.98. The topological polar surface area (TPSA) is 58.6 Å². The van der Waals surface area contributed by atoms with Gasteiger partial charge in [-0.3, -0.25) is 0 Å². The molecule has 106 valence electrons. The van der Waals surface area contributed by atoms with E-state index in [0.29, 0.717) is 6.07 Å². The lowest BCUT2D eigenvalue weighted by Crippen LogP contribution is -2.34. The summed E-state index contributed by atoms with van der Waals surface area (Å²) in [7, 11) is 0. The van der Waals surface area contributed by atoms with Crippen molar-refractivity contribution in [2.45, 2.75) is 32.5 Å². The molecular weight excluding hydrogens is 256 g/mol. The number of halogens is 2. The Morgan fingerprint density at radius 2 is 2.05 bits per heavy atom. The summed E-state index contributed by atoms with van der Waals surface area (Å²) >= 11 is 0. The second-order valence-electron chi connectivity index (χ2n) is 5.06. The van der Waals surface area contributed by atoms with Crippen LogP contribution in [0.15, 0.2) is 18.2 Å². The summed E-state index contributed by atoms with van der Waals surface area (Å²) in [6.45, 7) is 4.87. The minimum absolute atomic E-state index is 0.0857. The molecule has 0 bridgehead atoms. The van der Waals surface area contributed by atoms with E-state index >= 15 is 0 Å². The molecule has 1 rings (SSSR count). The number of carbonyl (C=O) groups excluding carboxylic acids is 1. The Balaban J connectivity index is 2.56. The van der Waals surface area contributed by atoms with Gasteiger partial charge in [-0.2, -0.15) is 0 Å². The zero-order chi connectivity index (χ0) is 14.6. The number of hydrogen-bond donors (Lipinski definition) is 2. The zero-order valence-electron chi connectivity index (χ0n) is 11.0. The summed E-state index contributed by atoms with van der Waals surface area (Å²) in [4.78, 5) is 11.3. The van der Waals surface area contributed by atoms with E-state index in [-0.39, 0.29) is 12.1 Å². The maximum Gasteiger partial charge on any atom is 0.407 e. The molecule has 1 atom stereocenters. The third-order valence-corrected chi connectivity index (χ3v) is 2.16. The van der Waals surface area contributed by atoms with Crippen molar-refractivity contribution in [2.75, 3.05) is 6.54 Å². The van der Waals surface area contributed by atoms with Crippen molar-refractivity contribution in [2.24, 2.45) is 0 Å². The Labute approximate surface area is 110 Å². The first kappa shape index (κ1) is 15.4. The van der Waals surface area contributed by atoms with Gasteiger partial charge in [-0.15, -0.1) is 0 Å². The molecule has 0 aliphatic heterocycles. The molecule has 0 aliphatic carbocycles. The van der Waals surface area contributed by atoms with Crippen molar-refractivity contribution in [3.05, 3.63) is 35.4 Å². The molecule has 1 aromatic carbocycles. The van der Waals surface area contributed by atoms with Crippen molar-refractivity contribution < 1.29 is 23.4 Å². The molecule has 0 fully saturated rings. The Morgan fingerprint density at radius 3 is 2.58 bits per heavy atom. The van der Waals surface area contributed by atoms with Gasteiger partial charge in [0.1, 0.15) is 17.2 Å². The SMILES string of the molecule is CC(C)(C)OC(=O)NCC(O)c1ccc(F)cc1F. The molecule has 1 aromatic rings. The summed E-state index contributed by atoms with van der Waals surface area (Å²) in [5.41, 5.74) is -0.742. The molecule has 0 aromatic heterocycles. The summed E-state index contributed by atoms with van der Waals surface area (Å²) in [5.74, 6) is -1.59. The van der Waals surface area contributed by atoms with E-state index in [9.17, 15) is 18.7 Å². The Morgan fingerprint density at radius 1 is 1.42 bits per heavy atom. The Kier molecular flexibility index (Phi) is 4.83. The molecule has 0 aliphatic rings. The number of benzene rings is 1. The van der Waals surface area contributed by atoms with Crippen LogP contribution in [0.3, 0.4) is 0 Å². The minimum Gasteiger partial charge on any atom is -0.444 e. The van der Waals surface area contributed by atoms with Crippen LogP contribution in [0, 0.1) is 11.6 Å². The smallest absolute Gasteiger partial charge is 0.407 e. The largest absolute Gasteiger partial charge is 0.444 e. The first-order valence-corrected chi connectivity index (χ1v) is 5.79. The van der Waals surface area contributed by atoms with Gasteiger partial charge >= 0.3 is 6.09 Å². The second kappa shape index (κ2) is 5.97. The number of nitrogens with one attached hydrogen (secondary N) is 1. The van der Waals surface area contributed by atoms with Crippen molar-refractivity contribution in [1.29, 1.82) is 0 Å². The summed E-state index contributed by atoms with van der Waals surface area (Å²) < 4.78 is 31.0. The molecule has 0 saturated carbocycles. The van der Waals surface area contributed by atoms with E-state index in [4.69, 9.17) is 4.74 Å². The van der Waals surface area contributed by atoms with E-state index in [1.165, 1.54) is 0 Å². The van der Waals surface area contributed by atoms with Crippen LogP contribution in [0.25, 0.3) is 0 Å². The standard InChI is InChI=1S/C13H17F2NO3/c1-13(2,3)19-12(18)16-7-11(17)9-5-4-8(14)6-10(9)15/h4-6,11,17H,7H2,1-3H3,(H,16,18). The van der Waals surface area contributed by atoms with Crippen LogP contribution in [0.1, 0.15) is 32.4 Å². The highest BCUT2D eigenvalue weighted by molar-refractivity contribution is 5.67. The van der Waals surface area contributed by atoms with Gasteiger partial charge in [-0.1, -0.05) is 6.07 Å². The predicted molar refractivity (Wildman–Crippen MR) is 65.6 cm³/mol. The van der Waals surface area contributed by atoms with Crippen molar-refractivity contribution in [3.63, 3.8) is 0 Å². The van der Waals surface area contributed by atoms with Crippen LogP contribution in [-0.2, 0) is 4.74 Å². The van der Waals surface area contributed by atoms with E-state index in [1.807, 2.05) is 0 Å². The summed E-state index contributed by atoms with van der Waals surface area (Å²) in [6, 6.07) is 2.84. The lowest BCUT2D eigenvalue weighted by atomic mass is 10.1. The van der Waals surface area contributed by atoms with Gasteiger partial charge in [0.2, 0.25) is 0 Å². The number of ether oxygens (including phenoxy) is 1. The molecule has 1 unspecified atom stereocenters. The highest BCUT2D eigenvalue weighted by Crippen LogP contribution is 2.17. The fourth-order valence-corrected chi connectivity index (χ4v) is 1.38. The van der Waals surface area contributed by atoms with Gasteiger partial charge in [0, 0.05) is 11.6 Å². The monoisotopic (exact) mass is 273 g/mol. The lowest BCUT2D eigenvalue weighted by molar-refractivity contribution is 0.0490. The fraction of sp³-hybridized carbons (Fsp3) is 0.462. The number of aliphatic hydroxyl groups is 1. The molecule has 0 saturated heterocycles. The summed E-state index contributed by atoms with van der Waals surface area (Å²) in [5, 5.41) is 12.0. The maximum absolute atomic E-state index is 13.4. The van der Waals surface area contributed by atoms with Gasteiger partial charge in [-0.05, 0) is 26.8 Å². The quantitative estimate of drug-likeness (QED) is 0.889. The average Bonchev–Trinajstić information content (AvgIpc) is 2.23. The van der Waals surface area contributed by atoms with Gasteiger partial charge in [-0.25, -0.2) is 13.6 Å². The normalized spacial score (nSPS) is 12.9. The van der Waals surface area contributed by atoms with Crippen LogP contribution in [-0.4, -0.2) is 23.3 Å². The number of amides is 1. The van der Waals surface area contributed by atoms with Crippen LogP contribution in [0.2, 0.25) is 0 Å². The molecule has 6 heteroatoms. The van der Waals surface area contributed by atoms with E-state index in [2.05, 4.69) is 5.32 Å². The van der Waals surface area contributed by atoms with E-state index in [1.54, 1.807) is 20.8 Å². The van der Waals surface area contributed by atoms with Crippen molar-refractivity contribution in [3.8, 4) is 0 Å². The fourth-order valence-electron chi connectivity index (χ4n) is 1.38. The third kappa shape index (κ3) is 5.21. The van der Waals surface area contributed by atoms with Crippen molar-refractivity contribution in [1.82, 2.24) is 5.32 Å². The molecule has 0 heterocycles. The molecule has 19 heavy (non-hydrogen) atoms. The first-order chi connectivity index (χ1) is 8.69. The van der Waals surface area contributed by atoms with Crippen molar-refractivity contribution >= 4 is 6.09 Å². The molecule has 0 radical (unpaired) electrons. The van der Waals surface area contributed by atoms with Crippen LogP contribution < -0.4 is 5.32 Å². The number of hydrogen-bond acceptors (Lipinski definition) is 3. The highest BCUT2D eigenvalue weighted by Gasteiger charge is 2.18. The van der Waals surface area contributed by atoms with Crippen LogP contribution in [0.5, 0.6) is 0 Å².